The van der Waals surface area contributed by atoms with E-state index in [9.17, 15) is 0 Å². The van der Waals surface area contributed by atoms with Gasteiger partial charge in [0.1, 0.15) is 0 Å². The van der Waals surface area contributed by atoms with Gasteiger partial charge in [0.05, 0.1) is 0 Å². The molecule has 0 unspecified atom stereocenters. The molecule has 190 valence electrons. The molecule has 0 amide bonds. The Morgan fingerprint density at radius 3 is 2.03 bits per heavy atom. The number of fused-ring (bicyclic) bond motifs is 1. The molecule has 0 nitrogen and oxygen atoms in total. The largest absolute Gasteiger partial charge is 4.00 e. The Bertz CT molecular complexity index is 853. The van der Waals surface area contributed by atoms with Crippen LogP contribution < -0.4 is 30.1 Å². The zero-order chi connectivity index (χ0) is 22.2. The van der Waals surface area contributed by atoms with Crippen LogP contribution in [0.25, 0.3) is 10.8 Å². The standard InChI is InChI=1S/C21H28P.C10H15.2ClH.Ti/c1-3-11-19(12-4-1)22(20-13-5-2-6-14-20)21-15-17-9-7-8-10-18(17)16-21;1-3-4-7-10-8-5-6-9(10)2;;;/h7-10,15-16,19-20H,1-6,11-14H2;6H,3-5,7H2,1-2H3;2*1H;/q2*-1;;;+4/p-2. The summed E-state index contributed by atoms with van der Waals surface area (Å²) >= 11 is 0. The van der Waals surface area contributed by atoms with Crippen molar-refractivity contribution in [3.63, 3.8) is 0 Å². The fourth-order valence-corrected chi connectivity index (χ4v) is 9.81. The van der Waals surface area contributed by atoms with E-state index in [2.05, 4.69) is 62.4 Å². The summed E-state index contributed by atoms with van der Waals surface area (Å²) in [7, 11) is 0.0611. The first-order valence-corrected chi connectivity index (χ1v) is 14.9. The van der Waals surface area contributed by atoms with E-state index in [1.54, 1.807) is 5.30 Å². The van der Waals surface area contributed by atoms with Crippen LogP contribution in [0.2, 0.25) is 0 Å². The van der Waals surface area contributed by atoms with Crippen molar-refractivity contribution >= 4 is 24.0 Å². The maximum Gasteiger partial charge on any atom is 4.00 e. The third kappa shape index (κ3) is 9.38. The van der Waals surface area contributed by atoms with Crippen molar-refractivity contribution in [1.29, 1.82) is 0 Å². The van der Waals surface area contributed by atoms with Crippen LogP contribution in [-0.2, 0) is 21.7 Å². The predicted molar refractivity (Wildman–Crippen MR) is 144 cm³/mol. The maximum atomic E-state index is 3.37. The van der Waals surface area contributed by atoms with Crippen LogP contribution in [0.15, 0.2) is 53.6 Å². The maximum absolute atomic E-state index is 3.37. The Kier molecular flexibility index (Phi) is 16.6. The van der Waals surface area contributed by atoms with Crippen molar-refractivity contribution in [2.45, 2.75) is 115 Å². The van der Waals surface area contributed by atoms with Gasteiger partial charge in [0.25, 0.3) is 0 Å². The third-order valence-corrected chi connectivity index (χ3v) is 11.3. The van der Waals surface area contributed by atoms with Crippen LogP contribution in [0.4, 0.5) is 0 Å². The van der Waals surface area contributed by atoms with Gasteiger partial charge >= 0.3 is 21.7 Å². The molecule has 2 aromatic carbocycles. The van der Waals surface area contributed by atoms with E-state index in [1.807, 2.05) is 0 Å². The topological polar surface area (TPSA) is 0 Å². The van der Waals surface area contributed by atoms with Crippen molar-refractivity contribution < 1.29 is 46.5 Å². The Morgan fingerprint density at radius 2 is 1.51 bits per heavy atom. The van der Waals surface area contributed by atoms with E-state index in [0.29, 0.717) is 0 Å². The van der Waals surface area contributed by atoms with Crippen LogP contribution in [0, 0.1) is 6.08 Å². The van der Waals surface area contributed by atoms with Gasteiger partial charge in [0, 0.05) is 0 Å². The van der Waals surface area contributed by atoms with Gasteiger partial charge in [-0.2, -0.15) is 12.1 Å². The first-order valence-electron chi connectivity index (χ1n) is 13.5. The number of halogens is 2. The van der Waals surface area contributed by atoms with Gasteiger partial charge in [-0.3, -0.25) is 6.08 Å². The summed E-state index contributed by atoms with van der Waals surface area (Å²) < 4.78 is 0. The summed E-state index contributed by atoms with van der Waals surface area (Å²) in [6, 6.07) is 14.1. The van der Waals surface area contributed by atoms with Crippen molar-refractivity contribution in [2.75, 3.05) is 0 Å². The quantitative estimate of drug-likeness (QED) is 0.286. The Hall–Kier alpha value is 0.0343. The number of unbranched alkanes of at least 4 members (excludes halogenated alkanes) is 1. The van der Waals surface area contributed by atoms with Gasteiger partial charge in [-0.15, -0.1) is 53.7 Å². The zero-order valence-electron chi connectivity index (χ0n) is 21.8. The molecule has 0 spiro atoms. The van der Waals surface area contributed by atoms with Gasteiger partial charge < -0.3 is 24.8 Å². The summed E-state index contributed by atoms with van der Waals surface area (Å²) in [5.41, 5.74) is 4.95. The van der Waals surface area contributed by atoms with Crippen molar-refractivity contribution in [3.05, 3.63) is 59.7 Å². The third-order valence-electron chi connectivity index (χ3n) is 7.82. The second-order valence-electron chi connectivity index (χ2n) is 10.2. The Morgan fingerprint density at radius 1 is 0.914 bits per heavy atom. The molecule has 0 aliphatic heterocycles. The number of allylic oxidation sites excluding steroid dienone is 4. The fourth-order valence-electron chi connectivity index (χ4n) is 5.95. The van der Waals surface area contributed by atoms with Crippen LogP contribution in [0.3, 0.4) is 0 Å². The molecule has 3 aliphatic carbocycles. The average Bonchev–Trinajstić information content (AvgIpc) is 3.45. The van der Waals surface area contributed by atoms with E-state index in [-0.39, 0.29) is 54.5 Å². The summed E-state index contributed by atoms with van der Waals surface area (Å²) in [4.78, 5) is 0. The number of hydrogen-bond acceptors (Lipinski definition) is 0. The van der Waals surface area contributed by atoms with E-state index in [4.69, 9.17) is 0 Å². The summed E-state index contributed by atoms with van der Waals surface area (Å²) in [5, 5.41) is 4.67. The predicted octanol–water partition coefficient (Wildman–Crippen LogP) is 3.59. The van der Waals surface area contributed by atoms with Crippen LogP contribution in [-0.4, -0.2) is 11.3 Å². The molecular weight excluding hydrogens is 522 g/mol. The molecule has 3 aliphatic rings. The Labute approximate surface area is 244 Å². The zero-order valence-corrected chi connectivity index (χ0v) is 25.8. The van der Waals surface area contributed by atoms with E-state index >= 15 is 0 Å². The number of rotatable bonds is 6. The summed E-state index contributed by atoms with van der Waals surface area (Å²) in [6.07, 6.45) is 25.4. The number of benzene rings is 1. The first-order chi connectivity index (χ1) is 15.8. The molecule has 0 saturated heterocycles. The van der Waals surface area contributed by atoms with E-state index < -0.39 is 0 Å². The van der Waals surface area contributed by atoms with E-state index in [0.717, 1.165) is 17.7 Å². The molecule has 0 aromatic heterocycles. The molecule has 0 bridgehead atoms. The monoisotopic (exact) mass is 564 g/mol. The molecular formula is C31H43Cl2PTi. The van der Waals surface area contributed by atoms with Crippen molar-refractivity contribution in [1.82, 2.24) is 0 Å². The molecule has 4 heteroatoms. The molecule has 2 fully saturated rings. The van der Waals surface area contributed by atoms with Gasteiger partial charge in [-0.05, 0) is 37.0 Å². The minimum absolute atomic E-state index is 0. The van der Waals surface area contributed by atoms with Gasteiger partial charge in [-0.1, -0.05) is 78.7 Å². The second-order valence-corrected chi connectivity index (χ2v) is 13.0. The average molecular weight is 565 g/mol. The molecule has 0 radical (unpaired) electrons. The molecule has 35 heavy (non-hydrogen) atoms. The molecule has 5 rings (SSSR count). The van der Waals surface area contributed by atoms with Crippen molar-refractivity contribution in [2.24, 2.45) is 0 Å². The molecule has 0 heterocycles. The van der Waals surface area contributed by atoms with E-state index in [1.165, 1.54) is 105 Å². The van der Waals surface area contributed by atoms with Gasteiger partial charge in [0.2, 0.25) is 0 Å². The molecule has 2 aromatic rings. The number of hydrogen-bond donors (Lipinski definition) is 0. The van der Waals surface area contributed by atoms with Crippen LogP contribution in [0.5, 0.6) is 0 Å². The van der Waals surface area contributed by atoms with Gasteiger partial charge in [0.15, 0.2) is 0 Å². The van der Waals surface area contributed by atoms with Crippen LogP contribution >= 0.6 is 7.92 Å². The normalized spacial score (nSPS) is 18.5. The molecule has 0 N–H and O–H groups in total. The van der Waals surface area contributed by atoms with Crippen molar-refractivity contribution in [3.8, 4) is 0 Å². The summed E-state index contributed by atoms with van der Waals surface area (Å²) in [5.74, 6) is 0. The summed E-state index contributed by atoms with van der Waals surface area (Å²) in [6.45, 7) is 4.42. The van der Waals surface area contributed by atoms with Gasteiger partial charge in [-0.25, -0.2) is 11.1 Å². The first kappa shape index (κ1) is 33.1. The molecule has 0 atom stereocenters. The second kappa shape index (κ2) is 17.5. The smallest absolute Gasteiger partial charge is 1.00 e. The SMILES string of the molecule is CCCCC1=[C-]CC=C1C.[Cl-].[Cl-].[Ti+4].c1ccc2[cH-]c(P(C3CCCCC3)C3CCCCC3)cc2c1. The molecule has 2 saturated carbocycles. The minimum Gasteiger partial charge on any atom is -1.00 e. The van der Waals surface area contributed by atoms with Crippen LogP contribution in [0.1, 0.15) is 104 Å². The minimum atomic E-state index is 0. The Balaban J connectivity index is 0.000000407. The fraction of sp³-hybridized carbons (Fsp3) is 0.581.